The third-order valence-electron chi connectivity index (χ3n) is 3.93. The van der Waals surface area contributed by atoms with Gasteiger partial charge in [-0.25, -0.2) is 4.39 Å². The van der Waals surface area contributed by atoms with Gasteiger partial charge in [-0.3, -0.25) is 9.59 Å². The lowest BCUT2D eigenvalue weighted by molar-refractivity contribution is -0.113. The van der Waals surface area contributed by atoms with E-state index >= 15 is 0 Å². The van der Waals surface area contributed by atoms with E-state index in [9.17, 15) is 14.0 Å². The van der Waals surface area contributed by atoms with Crippen molar-refractivity contribution in [2.75, 3.05) is 5.32 Å². The van der Waals surface area contributed by atoms with Crippen LogP contribution in [0.2, 0.25) is 0 Å². The molecule has 0 saturated heterocycles. The Balaban J connectivity index is 1.92. The van der Waals surface area contributed by atoms with Crippen molar-refractivity contribution in [2.45, 2.75) is 0 Å². The maximum absolute atomic E-state index is 14.1. The summed E-state index contributed by atoms with van der Waals surface area (Å²) in [4.78, 5) is 25.5. The molecule has 29 heavy (non-hydrogen) atoms. The van der Waals surface area contributed by atoms with Gasteiger partial charge in [-0.15, -0.1) is 0 Å². The van der Waals surface area contributed by atoms with E-state index in [-0.39, 0.29) is 11.3 Å². The fourth-order valence-electron chi connectivity index (χ4n) is 2.45. The standard InChI is InChI=1S/C22H15Br2FN2O2/c23-16-11-9-14(10-12-16)21(28)27-20(13-15-5-1-3-7-18(15)25)22(29)26-19-8-4-2-6-17(19)24/h1-13H,(H,26,29)(H,27,28)/b20-13+. The molecule has 0 fully saturated rings. The molecular formula is C22H15Br2FN2O2. The van der Waals surface area contributed by atoms with E-state index in [0.29, 0.717) is 15.7 Å². The first-order valence-corrected chi connectivity index (χ1v) is 10.1. The van der Waals surface area contributed by atoms with Gasteiger partial charge in [0, 0.05) is 20.1 Å². The van der Waals surface area contributed by atoms with Crippen molar-refractivity contribution in [3.8, 4) is 0 Å². The van der Waals surface area contributed by atoms with Crippen molar-refractivity contribution in [1.29, 1.82) is 0 Å². The van der Waals surface area contributed by atoms with Crippen LogP contribution in [0.15, 0.2) is 87.4 Å². The molecule has 3 aromatic rings. The minimum Gasteiger partial charge on any atom is -0.320 e. The van der Waals surface area contributed by atoms with Crippen LogP contribution in [0.1, 0.15) is 15.9 Å². The molecule has 0 atom stereocenters. The van der Waals surface area contributed by atoms with E-state index in [1.807, 2.05) is 6.07 Å². The number of carbonyl (C=O) groups is 2. The fourth-order valence-corrected chi connectivity index (χ4v) is 3.10. The number of para-hydroxylation sites is 1. The summed E-state index contributed by atoms with van der Waals surface area (Å²) in [6, 6.07) is 19.7. The zero-order chi connectivity index (χ0) is 20.8. The van der Waals surface area contributed by atoms with Gasteiger partial charge in [0.15, 0.2) is 0 Å². The Labute approximate surface area is 184 Å². The lowest BCUT2D eigenvalue weighted by Crippen LogP contribution is -2.30. The summed E-state index contributed by atoms with van der Waals surface area (Å²) in [7, 11) is 0. The average molecular weight is 518 g/mol. The first-order chi connectivity index (χ1) is 13.9. The molecule has 0 aliphatic heterocycles. The van der Waals surface area contributed by atoms with Crippen LogP contribution < -0.4 is 10.6 Å². The number of nitrogens with one attached hydrogen (secondary N) is 2. The molecule has 2 N–H and O–H groups in total. The summed E-state index contributed by atoms with van der Waals surface area (Å²) >= 11 is 6.67. The van der Waals surface area contributed by atoms with E-state index in [1.54, 1.807) is 54.6 Å². The summed E-state index contributed by atoms with van der Waals surface area (Å²) in [6.07, 6.45) is 1.30. The minimum atomic E-state index is -0.578. The van der Waals surface area contributed by atoms with Crippen LogP contribution in [0, 0.1) is 5.82 Å². The van der Waals surface area contributed by atoms with Crippen LogP contribution in [0.3, 0.4) is 0 Å². The van der Waals surface area contributed by atoms with Crippen molar-refractivity contribution >= 4 is 55.4 Å². The second-order valence-corrected chi connectivity index (χ2v) is 7.74. The predicted octanol–water partition coefficient (Wildman–Crippen LogP) is 5.76. The molecule has 2 amide bonds. The Hall–Kier alpha value is -2.77. The Morgan fingerprint density at radius 2 is 1.52 bits per heavy atom. The number of carbonyl (C=O) groups excluding carboxylic acids is 2. The molecular weight excluding hydrogens is 503 g/mol. The van der Waals surface area contributed by atoms with Gasteiger partial charge in [0.25, 0.3) is 11.8 Å². The maximum atomic E-state index is 14.1. The van der Waals surface area contributed by atoms with Gasteiger partial charge in [0.2, 0.25) is 0 Å². The molecule has 4 nitrogen and oxygen atoms in total. The lowest BCUT2D eigenvalue weighted by Gasteiger charge is -2.12. The Bertz CT molecular complexity index is 1080. The largest absolute Gasteiger partial charge is 0.320 e. The van der Waals surface area contributed by atoms with Crippen LogP contribution in [0.5, 0.6) is 0 Å². The Kier molecular flexibility index (Phi) is 6.95. The number of halogens is 3. The topological polar surface area (TPSA) is 58.2 Å². The molecule has 0 aliphatic rings. The molecule has 146 valence electrons. The van der Waals surface area contributed by atoms with Crippen molar-refractivity contribution in [3.05, 3.63) is 104 Å². The van der Waals surface area contributed by atoms with Gasteiger partial charge in [-0.1, -0.05) is 46.3 Å². The summed E-state index contributed by atoms with van der Waals surface area (Å²) in [5, 5.41) is 5.30. The van der Waals surface area contributed by atoms with E-state index < -0.39 is 17.6 Å². The molecule has 7 heteroatoms. The van der Waals surface area contributed by atoms with Gasteiger partial charge < -0.3 is 10.6 Å². The molecule has 0 spiro atoms. The van der Waals surface area contributed by atoms with Crippen LogP contribution in [-0.2, 0) is 4.79 Å². The first-order valence-electron chi connectivity index (χ1n) is 8.53. The van der Waals surface area contributed by atoms with Crippen molar-refractivity contribution in [2.24, 2.45) is 0 Å². The summed E-state index contributed by atoms with van der Waals surface area (Å²) in [6.45, 7) is 0. The van der Waals surface area contributed by atoms with Crippen molar-refractivity contribution < 1.29 is 14.0 Å². The van der Waals surface area contributed by atoms with E-state index in [1.165, 1.54) is 18.2 Å². The number of anilines is 1. The molecule has 0 aliphatic carbocycles. The normalized spacial score (nSPS) is 11.1. The second kappa shape index (κ2) is 9.62. The van der Waals surface area contributed by atoms with Crippen molar-refractivity contribution in [3.63, 3.8) is 0 Å². The number of hydrogen-bond donors (Lipinski definition) is 2. The highest BCUT2D eigenvalue weighted by Gasteiger charge is 2.16. The second-order valence-electron chi connectivity index (χ2n) is 5.97. The number of rotatable bonds is 5. The molecule has 0 heterocycles. The molecule has 3 aromatic carbocycles. The lowest BCUT2D eigenvalue weighted by atomic mass is 10.1. The SMILES string of the molecule is O=C(Nc1ccccc1Br)/C(=C\c1ccccc1F)NC(=O)c1ccc(Br)cc1. The van der Waals surface area contributed by atoms with Gasteiger partial charge in [0.05, 0.1) is 5.69 Å². The fraction of sp³-hybridized carbons (Fsp3) is 0. The molecule has 3 rings (SSSR count). The Morgan fingerprint density at radius 1 is 0.862 bits per heavy atom. The minimum absolute atomic E-state index is 0.0845. The average Bonchev–Trinajstić information content (AvgIpc) is 2.71. The zero-order valence-electron chi connectivity index (χ0n) is 15.0. The van der Waals surface area contributed by atoms with Crippen molar-refractivity contribution in [1.82, 2.24) is 5.32 Å². The van der Waals surface area contributed by atoms with E-state index in [4.69, 9.17) is 0 Å². The third-order valence-corrected chi connectivity index (χ3v) is 5.15. The van der Waals surface area contributed by atoms with Crippen LogP contribution in [0.25, 0.3) is 6.08 Å². The molecule has 0 unspecified atom stereocenters. The van der Waals surface area contributed by atoms with Gasteiger partial charge in [-0.2, -0.15) is 0 Å². The quantitative estimate of drug-likeness (QED) is 0.423. The monoisotopic (exact) mass is 516 g/mol. The Morgan fingerprint density at radius 3 is 2.21 bits per heavy atom. The third kappa shape index (κ3) is 5.62. The van der Waals surface area contributed by atoms with E-state index in [0.717, 1.165) is 4.47 Å². The highest BCUT2D eigenvalue weighted by Crippen LogP contribution is 2.22. The molecule has 0 bridgehead atoms. The smallest absolute Gasteiger partial charge is 0.272 e. The van der Waals surface area contributed by atoms with Gasteiger partial charge >= 0.3 is 0 Å². The molecule has 0 radical (unpaired) electrons. The molecule has 0 saturated carbocycles. The predicted molar refractivity (Wildman–Crippen MR) is 119 cm³/mol. The highest BCUT2D eigenvalue weighted by molar-refractivity contribution is 9.10. The molecule has 0 aromatic heterocycles. The number of amides is 2. The highest BCUT2D eigenvalue weighted by atomic mass is 79.9. The van der Waals surface area contributed by atoms with Crippen LogP contribution in [-0.4, -0.2) is 11.8 Å². The zero-order valence-corrected chi connectivity index (χ0v) is 18.1. The maximum Gasteiger partial charge on any atom is 0.272 e. The first kappa shape index (κ1) is 21.0. The summed E-state index contributed by atoms with van der Waals surface area (Å²) < 4.78 is 15.6. The number of hydrogen-bond acceptors (Lipinski definition) is 2. The van der Waals surface area contributed by atoms with Gasteiger partial charge in [-0.05, 0) is 64.5 Å². The van der Waals surface area contributed by atoms with Crippen LogP contribution in [0.4, 0.5) is 10.1 Å². The van der Waals surface area contributed by atoms with Crippen LogP contribution >= 0.6 is 31.9 Å². The summed E-state index contributed by atoms with van der Waals surface area (Å²) in [5.41, 5.74) is 0.982. The van der Waals surface area contributed by atoms with Gasteiger partial charge in [0.1, 0.15) is 11.5 Å². The summed E-state index contributed by atoms with van der Waals surface area (Å²) in [5.74, 6) is -1.57. The number of benzene rings is 3. The van der Waals surface area contributed by atoms with E-state index in [2.05, 4.69) is 42.5 Å².